The standard InChI is InChI=1S/C10H12N2O5/c11-4-9(14)10(15)6-1-2-7(5-13)8(3-6)12(16)17/h1-3,5,9-10,14-15H,4,11H2. The van der Waals surface area contributed by atoms with Crippen LogP contribution < -0.4 is 5.73 Å². The molecule has 0 saturated carbocycles. The minimum atomic E-state index is -1.32. The average molecular weight is 240 g/mol. The van der Waals surface area contributed by atoms with Gasteiger partial charge in [-0.15, -0.1) is 0 Å². The van der Waals surface area contributed by atoms with Gasteiger partial charge in [-0.25, -0.2) is 0 Å². The summed E-state index contributed by atoms with van der Waals surface area (Å²) >= 11 is 0. The van der Waals surface area contributed by atoms with Crippen LogP contribution in [0.4, 0.5) is 5.69 Å². The second kappa shape index (κ2) is 5.48. The molecule has 4 N–H and O–H groups in total. The highest BCUT2D eigenvalue weighted by atomic mass is 16.6. The zero-order chi connectivity index (χ0) is 13.0. The Morgan fingerprint density at radius 3 is 2.59 bits per heavy atom. The predicted octanol–water partition coefficient (Wildman–Crippen LogP) is -0.240. The SMILES string of the molecule is NCC(O)C(O)c1ccc(C=O)c([N+](=O)[O-])c1. The molecular weight excluding hydrogens is 228 g/mol. The third kappa shape index (κ3) is 2.84. The Labute approximate surface area is 96.6 Å². The van der Waals surface area contributed by atoms with Crippen LogP contribution in [0.5, 0.6) is 0 Å². The van der Waals surface area contributed by atoms with Crippen molar-refractivity contribution in [3.8, 4) is 0 Å². The molecule has 0 aliphatic heterocycles. The summed E-state index contributed by atoms with van der Waals surface area (Å²) in [5.74, 6) is 0. The molecule has 2 atom stereocenters. The van der Waals surface area contributed by atoms with Gasteiger partial charge in [-0.2, -0.15) is 0 Å². The van der Waals surface area contributed by atoms with Crippen molar-refractivity contribution in [1.29, 1.82) is 0 Å². The van der Waals surface area contributed by atoms with E-state index in [1.165, 1.54) is 12.1 Å². The average Bonchev–Trinajstić information content (AvgIpc) is 2.35. The summed E-state index contributed by atoms with van der Waals surface area (Å²) in [6.07, 6.45) is -2.18. The van der Waals surface area contributed by atoms with E-state index in [0.29, 0.717) is 6.29 Å². The zero-order valence-electron chi connectivity index (χ0n) is 8.81. The Morgan fingerprint density at radius 2 is 2.12 bits per heavy atom. The zero-order valence-corrected chi connectivity index (χ0v) is 8.81. The van der Waals surface area contributed by atoms with E-state index in [2.05, 4.69) is 0 Å². The number of aliphatic hydroxyl groups excluding tert-OH is 2. The van der Waals surface area contributed by atoms with E-state index < -0.39 is 22.8 Å². The minimum absolute atomic E-state index is 0.0896. The van der Waals surface area contributed by atoms with Crippen molar-refractivity contribution in [2.75, 3.05) is 6.54 Å². The molecule has 1 aromatic rings. The molecule has 1 aromatic carbocycles. The van der Waals surface area contributed by atoms with E-state index in [1.54, 1.807) is 0 Å². The van der Waals surface area contributed by atoms with Gasteiger partial charge in [0.05, 0.1) is 16.6 Å². The monoisotopic (exact) mass is 240 g/mol. The van der Waals surface area contributed by atoms with Crippen LogP contribution in [0, 0.1) is 10.1 Å². The normalized spacial score (nSPS) is 14.1. The van der Waals surface area contributed by atoms with Crippen LogP contribution in [0.25, 0.3) is 0 Å². The third-order valence-electron chi connectivity index (χ3n) is 2.33. The first-order valence-corrected chi connectivity index (χ1v) is 4.81. The van der Waals surface area contributed by atoms with Crippen molar-refractivity contribution in [3.63, 3.8) is 0 Å². The lowest BCUT2D eigenvalue weighted by Crippen LogP contribution is -2.27. The van der Waals surface area contributed by atoms with E-state index in [9.17, 15) is 25.1 Å². The fourth-order valence-corrected chi connectivity index (χ4v) is 1.35. The van der Waals surface area contributed by atoms with Crippen LogP contribution in [0.15, 0.2) is 18.2 Å². The number of nitro groups is 1. The number of aldehydes is 1. The van der Waals surface area contributed by atoms with E-state index in [4.69, 9.17) is 5.73 Å². The van der Waals surface area contributed by atoms with Gasteiger partial charge < -0.3 is 15.9 Å². The predicted molar refractivity (Wildman–Crippen MR) is 58.5 cm³/mol. The molecule has 0 fully saturated rings. The van der Waals surface area contributed by atoms with Gasteiger partial charge in [0.2, 0.25) is 0 Å². The summed E-state index contributed by atoms with van der Waals surface area (Å²) in [6, 6.07) is 3.60. The maximum absolute atomic E-state index is 10.7. The Balaban J connectivity index is 3.16. The van der Waals surface area contributed by atoms with Crippen LogP contribution in [0.3, 0.4) is 0 Å². The molecule has 0 amide bonds. The number of rotatable bonds is 5. The summed E-state index contributed by atoms with van der Waals surface area (Å²) in [7, 11) is 0. The van der Waals surface area contributed by atoms with E-state index in [0.717, 1.165) is 6.07 Å². The lowest BCUT2D eigenvalue weighted by atomic mass is 10.0. The number of nitrogens with two attached hydrogens (primary N) is 1. The van der Waals surface area contributed by atoms with Crippen LogP contribution in [-0.2, 0) is 0 Å². The minimum Gasteiger partial charge on any atom is -0.389 e. The molecule has 0 radical (unpaired) electrons. The van der Waals surface area contributed by atoms with Crippen molar-refractivity contribution in [3.05, 3.63) is 39.4 Å². The number of nitrogens with zero attached hydrogens (tertiary/aromatic N) is 1. The van der Waals surface area contributed by atoms with Crippen molar-refractivity contribution >= 4 is 12.0 Å². The first-order valence-electron chi connectivity index (χ1n) is 4.81. The van der Waals surface area contributed by atoms with E-state index >= 15 is 0 Å². The highest BCUT2D eigenvalue weighted by molar-refractivity contribution is 5.81. The molecule has 0 aliphatic rings. The molecular formula is C10H12N2O5. The summed E-state index contributed by atoms with van der Waals surface area (Å²) in [4.78, 5) is 20.5. The quantitative estimate of drug-likeness (QED) is 0.370. The summed E-state index contributed by atoms with van der Waals surface area (Å²) < 4.78 is 0. The number of carbonyl (C=O) groups excluding carboxylic acids is 1. The van der Waals surface area contributed by atoms with Gasteiger partial charge in [0.1, 0.15) is 6.10 Å². The van der Waals surface area contributed by atoms with Crippen LogP contribution in [-0.4, -0.2) is 34.1 Å². The smallest absolute Gasteiger partial charge is 0.280 e. The second-order valence-corrected chi connectivity index (χ2v) is 3.44. The fraction of sp³-hybridized carbons (Fsp3) is 0.300. The van der Waals surface area contributed by atoms with Gasteiger partial charge in [0, 0.05) is 12.6 Å². The molecule has 0 aromatic heterocycles. The first kappa shape index (κ1) is 13.2. The number of nitro benzene ring substituents is 1. The molecule has 2 unspecified atom stereocenters. The Bertz CT molecular complexity index is 435. The first-order chi connectivity index (χ1) is 8.01. The fourth-order valence-electron chi connectivity index (χ4n) is 1.35. The van der Waals surface area contributed by atoms with Crippen molar-refractivity contribution < 1.29 is 19.9 Å². The maximum Gasteiger partial charge on any atom is 0.280 e. The molecule has 0 spiro atoms. The van der Waals surface area contributed by atoms with Gasteiger partial charge in [0.25, 0.3) is 5.69 Å². The van der Waals surface area contributed by atoms with Crippen LogP contribution in [0.1, 0.15) is 22.0 Å². The van der Waals surface area contributed by atoms with Crippen LogP contribution >= 0.6 is 0 Å². The highest BCUT2D eigenvalue weighted by Crippen LogP contribution is 2.24. The molecule has 0 aliphatic carbocycles. The highest BCUT2D eigenvalue weighted by Gasteiger charge is 2.21. The van der Waals surface area contributed by atoms with Crippen molar-refractivity contribution in [1.82, 2.24) is 0 Å². The van der Waals surface area contributed by atoms with Gasteiger partial charge in [-0.05, 0) is 11.6 Å². The number of hydrogen-bond acceptors (Lipinski definition) is 6. The maximum atomic E-state index is 10.7. The Morgan fingerprint density at radius 1 is 1.47 bits per heavy atom. The van der Waals surface area contributed by atoms with Crippen molar-refractivity contribution in [2.45, 2.75) is 12.2 Å². The van der Waals surface area contributed by atoms with Gasteiger partial charge in [-0.1, -0.05) is 6.07 Å². The Kier molecular flexibility index (Phi) is 4.27. The summed E-state index contributed by atoms with van der Waals surface area (Å²) in [6.45, 7) is -0.176. The molecule has 0 saturated heterocycles. The molecule has 1 rings (SSSR count). The molecule has 17 heavy (non-hydrogen) atoms. The van der Waals surface area contributed by atoms with E-state index in [-0.39, 0.29) is 17.7 Å². The summed E-state index contributed by atoms with van der Waals surface area (Å²) in [5, 5.41) is 29.6. The topological polar surface area (TPSA) is 127 Å². The van der Waals surface area contributed by atoms with Gasteiger partial charge in [0.15, 0.2) is 6.29 Å². The number of aliphatic hydroxyl groups is 2. The molecule has 0 bridgehead atoms. The van der Waals surface area contributed by atoms with E-state index in [1.807, 2.05) is 0 Å². The van der Waals surface area contributed by atoms with Crippen LogP contribution in [0.2, 0.25) is 0 Å². The van der Waals surface area contributed by atoms with Gasteiger partial charge in [-0.3, -0.25) is 14.9 Å². The molecule has 7 nitrogen and oxygen atoms in total. The molecule has 7 heteroatoms. The van der Waals surface area contributed by atoms with Crippen molar-refractivity contribution in [2.24, 2.45) is 5.73 Å². The van der Waals surface area contributed by atoms with Gasteiger partial charge >= 0.3 is 0 Å². The number of carbonyl (C=O) groups is 1. The Hall–Kier alpha value is -1.83. The largest absolute Gasteiger partial charge is 0.389 e. The summed E-state index contributed by atoms with van der Waals surface area (Å²) in [5.41, 5.74) is 4.80. The molecule has 92 valence electrons. The third-order valence-corrected chi connectivity index (χ3v) is 2.33. The lowest BCUT2D eigenvalue weighted by molar-refractivity contribution is -0.385. The number of hydrogen-bond donors (Lipinski definition) is 3. The number of benzene rings is 1. The second-order valence-electron chi connectivity index (χ2n) is 3.44. The lowest BCUT2D eigenvalue weighted by Gasteiger charge is -2.16. The molecule has 0 heterocycles.